The van der Waals surface area contributed by atoms with E-state index < -0.39 is 36.9 Å². The van der Waals surface area contributed by atoms with Gasteiger partial charge in [-0.2, -0.15) is 0 Å². The van der Waals surface area contributed by atoms with Gasteiger partial charge in [0.05, 0.1) is 6.10 Å². The molecule has 2 heterocycles. The molecule has 0 fully saturated rings. The second-order valence-corrected chi connectivity index (χ2v) is 11.0. The van der Waals surface area contributed by atoms with Crippen molar-refractivity contribution in [1.29, 1.82) is 0 Å². The van der Waals surface area contributed by atoms with Crippen LogP contribution < -0.4 is 10.6 Å². The first kappa shape index (κ1) is 31.7. The van der Waals surface area contributed by atoms with Crippen LogP contribution in [0.2, 0.25) is 0 Å². The van der Waals surface area contributed by atoms with E-state index in [1.807, 2.05) is 74.8 Å². The Morgan fingerprint density at radius 3 is 2.14 bits per heavy atom. The number of oxime groups is 1. The van der Waals surface area contributed by atoms with Crippen molar-refractivity contribution in [2.75, 3.05) is 20.3 Å². The van der Waals surface area contributed by atoms with Gasteiger partial charge in [0.15, 0.2) is 6.61 Å². The zero-order valence-corrected chi connectivity index (χ0v) is 25.0. The molecule has 11 nitrogen and oxygen atoms in total. The number of hydrogen-bond donors (Lipinski definition) is 6. The first-order chi connectivity index (χ1) is 20.7. The van der Waals surface area contributed by atoms with Gasteiger partial charge in [-0.1, -0.05) is 55.4 Å². The third kappa shape index (κ3) is 8.01. The standard InChI is InChI=1S/C32H41N5O6/c1-19(2)31(42-4)29(30(40)20(3)38)37-43-18-28(39)36-27(15-22-17-35-26-12-8-6-10-24(22)26)32(41)33-14-13-21-16-34-25-11-7-5-9-23(21)25/h5-12,16-17,19-20,27,30-31,34-35,38,40H,13-15,18H2,1-4H3,(H,33,41)(H,36,39)/b37-29+/t20?,27-,30?,31-/m0/s1. The van der Waals surface area contributed by atoms with E-state index in [-0.39, 0.29) is 24.0 Å². The molecule has 2 unspecified atom stereocenters. The molecule has 6 N–H and O–H groups in total. The lowest BCUT2D eigenvalue weighted by Crippen LogP contribution is -2.49. The Hall–Kier alpha value is -4.19. The van der Waals surface area contributed by atoms with E-state index in [4.69, 9.17) is 9.57 Å². The quantitative estimate of drug-likeness (QED) is 0.0921. The molecule has 0 saturated carbocycles. The predicted octanol–water partition coefficient (Wildman–Crippen LogP) is 2.82. The molecular formula is C32H41N5O6. The maximum Gasteiger partial charge on any atom is 0.261 e. The van der Waals surface area contributed by atoms with Crippen LogP contribution in [-0.4, -0.2) is 82.3 Å². The van der Waals surface area contributed by atoms with E-state index in [1.54, 1.807) is 0 Å². The van der Waals surface area contributed by atoms with E-state index in [9.17, 15) is 19.8 Å². The van der Waals surface area contributed by atoms with Gasteiger partial charge >= 0.3 is 0 Å². The van der Waals surface area contributed by atoms with E-state index in [2.05, 4.69) is 25.8 Å². The minimum absolute atomic E-state index is 0.0747. The fourth-order valence-corrected chi connectivity index (χ4v) is 5.17. The molecule has 4 rings (SSSR count). The summed E-state index contributed by atoms with van der Waals surface area (Å²) in [6.45, 7) is 5.05. The van der Waals surface area contributed by atoms with E-state index >= 15 is 0 Å². The number of aliphatic hydroxyl groups is 2. The van der Waals surface area contributed by atoms with Crippen LogP contribution in [-0.2, 0) is 32.0 Å². The van der Waals surface area contributed by atoms with Crippen molar-refractivity contribution >= 4 is 39.3 Å². The molecule has 2 aromatic carbocycles. The Balaban J connectivity index is 1.44. The molecule has 2 amide bonds. The zero-order valence-electron chi connectivity index (χ0n) is 25.0. The number of amides is 2. The molecular weight excluding hydrogens is 550 g/mol. The fraction of sp³-hybridized carbons (Fsp3) is 0.406. The number of benzene rings is 2. The minimum Gasteiger partial charge on any atom is -0.390 e. The molecule has 4 aromatic rings. The number of rotatable bonds is 15. The number of aliphatic hydroxyl groups excluding tert-OH is 2. The van der Waals surface area contributed by atoms with Gasteiger partial charge in [-0.25, -0.2) is 0 Å². The highest BCUT2D eigenvalue weighted by Gasteiger charge is 2.30. The topological polar surface area (TPSA) is 161 Å². The Kier molecular flexibility index (Phi) is 10.9. The van der Waals surface area contributed by atoms with Crippen molar-refractivity contribution < 1.29 is 29.4 Å². The van der Waals surface area contributed by atoms with Crippen molar-refractivity contribution in [1.82, 2.24) is 20.6 Å². The Labute approximate surface area is 250 Å². The summed E-state index contributed by atoms with van der Waals surface area (Å²) in [5.74, 6) is -0.973. The molecule has 11 heteroatoms. The summed E-state index contributed by atoms with van der Waals surface area (Å²) in [6, 6.07) is 14.9. The summed E-state index contributed by atoms with van der Waals surface area (Å²) in [5.41, 5.74) is 4.01. The van der Waals surface area contributed by atoms with Crippen LogP contribution in [0.3, 0.4) is 0 Å². The fourth-order valence-electron chi connectivity index (χ4n) is 5.17. The molecule has 0 saturated heterocycles. The highest BCUT2D eigenvalue weighted by Crippen LogP contribution is 2.20. The molecule has 2 aromatic heterocycles. The third-order valence-corrected chi connectivity index (χ3v) is 7.40. The zero-order chi connectivity index (χ0) is 30.9. The molecule has 0 spiro atoms. The van der Waals surface area contributed by atoms with E-state index in [0.29, 0.717) is 13.0 Å². The molecule has 0 radical (unpaired) electrons. The molecule has 230 valence electrons. The van der Waals surface area contributed by atoms with Gasteiger partial charge in [0.1, 0.15) is 24.0 Å². The normalized spacial score (nSPS) is 14.9. The number of fused-ring (bicyclic) bond motifs is 2. The second-order valence-electron chi connectivity index (χ2n) is 11.0. The first-order valence-corrected chi connectivity index (χ1v) is 14.4. The van der Waals surface area contributed by atoms with Gasteiger partial charge in [0.25, 0.3) is 5.91 Å². The number of hydrogen-bond acceptors (Lipinski definition) is 7. The maximum absolute atomic E-state index is 13.4. The number of carbonyl (C=O) groups excluding carboxylic acids is 2. The van der Waals surface area contributed by atoms with Crippen molar-refractivity contribution in [3.05, 3.63) is 72.1 Å². The largest absolute Gasteiger partial charge is 0.390 e. The molecule has 0 aliphatic heterocycles. The van der Waals surface area contributed by atoms with Crippen LogP contribution in [0.5, 0.6) is 0 Å². The van der Waals surface area contributed by atoms with Gasteiger partial charge in [-0.05, 0) is 42.5 Å². The van der Waals surface area contributed by atoms with Crippen LogP contribution in [0, 0.1) is 5.92 Å². The average molecular weight is 592 g/mol. The molecule has 4 atom stereocenters. The van der Waals surface area contributed by atoms with Gasteiger partial charge in [-0.15, -0.1) is 0 Å². The highest BCUT2D eigenvalue weighted by atomic mass is 16.6. The van der Waals surface area contributed by atoms with Crippen LogP contribution >= 0.6 is 0 Å². The van der Waals surface area contributed by atoms with Gasteiger partial charge in [0.2, 0.25) is 5.91 Å². The van der Waals surface area contributed by atoms with Crippen molar-refractivity contribution in [2.45, 2.75) is 58.0 Å². The molecule has 0 bridgehead atoms. The Morgan fingerprint density at radius 1 is 0.930 bits per heavy atom. The number of ether oxygens (including phenoxy) is 1. The number of aromatic nitrogens is 2. The summed E-state index contributed by atoms with van der Waals surface area (Å²) in [7, 11) is 1.47. The number of nitrogens with zero attached hydrogens (tertiary/aromatic N) is 1. The number of aromatic amines is 2. The molecule has 43 heavy (non-hydrogen) atoms. The Bertz CT molecular complexity index is 1540. The van der Waals surface area contributed by atoms with E-state index in [1.165, 1.54) is 14.0 Å². The number of H-pyrrole nitrogens is 2. The number of nitrogens with one attached hydrogen (secondary N) is 4. The minimum atomic E-state index is -1.34. The summed E-state index contributed by atoms with van der Waals surface area (Å²) in [4.78, 5) is 38.1. The van der Waals surface area contributed by atoms with Gasteiger partial charge in [-0.3, -0.25) is 9.59 Å². The molecule has 0 aliphatic rings. The second kappa shape index (κ2) is 14.8. The van der Waals surface area contributed by atoms with Crippen LogP contribution in [0.15, 0.2) is 66.1 Å². The maximum atomic E-state index is 13.4. The Morgan fingerprint density at radius 2 is 1.53 bits per heavy atom. The van der Waals surface area contributed by atoms with Crippen molar-refractivity contribution in [3.8, 4) is 0 Å². The van der Waals surface area contributed by atoms with E-state index in [0.717, 1.165) is 32.9 Å². The van der Waals surface area contributed by atoms with Gasteiger partial charge in [0, 0.05) is 54.3 Å². The summed E-state index contributed by atoms with van der Waals surface area (Å²) in [5, 5.41) is 32.1. The lowest BCUT2D eigenvalue weighted by molar-refractivity contribution is -0.131. The first-order valence-electron chi connectivity index (χ1n) is 14.4. The third-order valence-electron chi connectivity index (χ3n) is 7.40. The number of para-hydroxylation sites is 2. The summed E-state index contributed by atoms with van der Waals surface area (Å²) in [6.07, 6.45) is 1.55. The lowest BCUT2D eigenvalue weighted by atomic mass is 9.96. The lowest BCUT2D eigenvalue weighted by Gasteiger charge is -2.25. The summed E-state index contributed by atoms with van der Waals surface area (Å²) < 4.78 is 5.44. The van der Waals surface area contributed by atoms with Crippen LogP contribution in [0.25, 0.3) is 21.8 Å². The monoisotopic (exact) mass is 591 g/mol. The van der Waals surface area contributed by atoms with Crippen molar-refractivity contribution in [3.63, 3.8) is 0 Å². The molecule has 0 aliphatic carbocycles. The SMILES string of the molecule is CO[C@H](/C(=N/OCC(=O)N[C@@H](Cc1c[nH]c2ccccc12)C(=O)NCCc1c[nH]c2ccccc12)C(O)C(C)O)C(C)C. The highest BCUT2D eigenvalue weighted by molar-refractivity contribution is 5.93. The smallest absolute Gasteiger partial charge is 0.261 e. The number of methoxy groups -OCH3 is 1. The summed E-state index contributed by atoms with van der Waals surface area (Å²) >= 11 is 0. The average Bonchev–Trinajstić information content (AvgIpc) is 3.60. The van der Waals surface area contributed by atoms with Crippen molar-refractivity contribution in [2.24, 2.45) is 11.1 Å². The van der Waals surface area contributed by atoms with Crippen LogP contribution in [0.1, 0.15) is 31.9 Å². The predicted molar refractivity (Wildman–Crippen MR) is 166 cm³/mol. The van der Waals surface area contributed by atoms with Gasteiger partial charge < -0.3 is 40.4 Å². The number of carbonyl (C=O) groups is 2. The van der Waals surface area contributed by atoms with Crippen LogP contribution in [0.4, 0.5) is 0 Å².